The molecule has 3 nitrogen and oxygen atoms in total. The zero-order valence-electron chi connectivity index (χ0n) is 10.4. The second kappa shape index (κ2) is 7.82. The fourth-order valence-electron chi connectivity index (χ4n) is 2.13. The van der Waals surface area contributed by atoms with E-state index in [1.165, 1.54) is 6.07 Å². The molecule has 1 fully saturated rings. The van der Waals surface area contributed by atoms with E-state index in [4.69, 9.17) is 0 Å². The maximum atomic E-state index is 13.3. The van der Waals surface area contributed by atoms with Crippen LogP contribution in [0.1, 0.15) is 19.3 Å². The predicted octanol–water partition coefficient (Wildman–Crippen LogP) is 3.34. The van der Waals surface area contributed by atoms with Crippen molar-refractivity contribution < 1.29 is 9.18 Å². The number of nitrogens with one attached hydrogen (secondary N) is 2. The summed E-state index contributed by atoms with van der Waals surface area (Å²) in [5.74, 6) is 0.0323. The first-order valence-corrected chi connectivity index (χ1v) is 6.90. The van der Waals surface area contributed by atoms with Crippen LogP contribution in [0.5, 0.6) is 0 Å². The Labute approximate surface area is 126 Å². The highest BCUT2D eigenvalue weighted by Crippen LogP contribution is 2.21. The first-order chi connectivity index (χ1) is 8.65. The van der Waals surface area contributed by atoms with Crippen molar-refractivity contribution in [3.63, 3.8) is 0 Å². The third-order valence-electron chi connectivity index (χ3n) is 3.14. The Bertz CT molecular complexity index is 439. The van der Waals surface area contributed by atoms with Crippen molar-refractivity contribution in [3.8, 4) is 0 Å². The molecule has 0 radical (unpaired) electrons. The van der Waals surface area contributed by atoms with E-state index in [1.54, 1.807) is 12.1 Å². The van der Waals surface area contributed by atoms with Gasteiger partial charge in [0.25, 0.3) is 0 Å². The lowest BCUT2D eigenvalue weighted by atomic mass is 9.94. The van der Waals surface area contributed by atoms with Gasteiger partial charge in [-0.15, -0.1) is 12.4 Å². The van der Waals surface area contributed by atoms with Crippen molar-refractivity contribution in [3.05, 3.63) is 28.5 Å². The molecule has 6 heteroatoms. The van der Waals surface area contributed by atoms with Crippen molar-refractivity contribution in [2.24, 2.45) is 5.92 Å². The molecular weight excluding hydrogens is 335 g/mol. The van der Waals surface area contributed by atoms with Gasteiger partial charge in [0.2, 0.25) is 5.91 Å². The topological polar surface area (TPSA) is 41.1 Å². The lowest BCUT2D eigenvalue weighted by molar-refractivity contribution is -0.117. The number of halogens is 3. The number of anilines is 1. The van der Waals surface area contributed by atoms with Crippen LogP contribution in [0.2, 0.25) is 0 Å². The smallest absolute Gasteiger partial charge is 0.224 e. The molecule has 2 N–H and O–H groups in total. The van der Waals surface area contributed by atoms with Gasteiger partial charge in [-0.2, -0.15) is 0 Å². The number of carbonyl (C=O) groups is 1. The molecule has 1 amide bonds. The van der Waals surface area contributed by atoms with E-state index in [-0.39, 0.29) is 24.1 Å². The zero-order chi connectivity index (χ0) is 13.0. The third-order valence-corrected chi connectivity index (χ3v) is 3.78. The number of amides is 1. The maximum Gasteiger partial charge on any atom is 0.224 e. The summed E-state index contributed by atoms with van der Waals surface area (Å²) in [6.45, 7) is 1.95. The summed E-state index contributed by atoms with van der Waals surface area (Å²) < 4.78 is 13.7. The minimum Gasteiger partial charge on any atom is -0.326 e. The van der Waals surface area contributed by atoms with Gasteiger partial charge < -0.3 is 10.6 Å². The molecule has 1 aromatic rings. The summed E-state index contributed by atoms with van der Waals surface area (Å²) in [6.07, 6.45) is 2.57. The quantitative estimate of drug-likeness (QED) is 0.877. The number of carbonyl (C=O) groups excluding carboxylic acids is 1. The van der Waals surface area contributed by atoms with Crippen LogP contribution in [0.25, 0.3) is 0 Å². The Balaban J connectivity index is 0.00000180. The van der Waals surface area contributed by atoms with Crippen LogP contribution < -0.4 is 10.6 Å². The molecule has 0 aromatic heterocycles. The van der Waals surface area contributed by atoms with Crippen LogP contribution in [0, 0.1) is 11.7 Å². The van der Waals surface area contributed by atoms with E-state index in [9.17, 15) is 9.18 Å². The number of piperidine rings is 1. The minimum absolute atomic E-state index is 0. The Hall–Kier alpha value is -0.650. The van der Waals surface area contributed by atoms with Crippen LogP contribution in [0.4, 0.5) is 10.1 Å². The monoisotopic (exact) mass is 350 g/mol. The van der Waals surface area contributed by atoms with Crippen LogP contribution in [-0.2, 0) is 4.79 Å². The zero-order valence-corrected chi connectivity index (χ0v) is 12.8. The average molecular weight is 352 g/mol. The van der Waals surface area contributed by atoms with Gasteiger partial charge in [0.1, 0.15) is 5.82 Å². The highest BCUT2D eigenvalue weighted by molar-refractivity contribution is 9.10. The summed E-state index contributed by atoms with van der Waals surface area (Å²) in [4.78, 5) is 11.8. The number of benzene rings is 1. The van der Waals surface area contributed by atoms with E-state index in [2.05, 4.69) is 26.6 Å². The lowest BCUT2D eigenvalue weighted by Gasteiger charge is -2.21. The third kappa shape index (κ3) is 5.09. The largest absolute Gasteiger partial charge is 0.326 e. The van der Waals surface area contributed by atoms with Gasteiger partial charge >= 0.3 is 0 Å². The van der Waals surface area contributed by atoms with Crippen LogP contribution in [-0.4, -0.2) is 19.0 Å². The maximum absolute atomic E-state index is 13.3. The molecule has 0 atom stereocenters. The van der Waals surface area contributed by atoms with Crippen molar-refractivity contribution in [1.82, 2.24) is 5.32 Å². The van der Waals surface area contributed by atoms with Gasteiger partial charge in [-0.1, -0.05) is 0 Å². The lowest BCUT2D eigenvalue weighted by Crippen LogP contribution is -2.30. The Morgan fingerprint density at radius 2 is 2.11 bits per heavy atom. The molecule has 1 heterocycles. The molecule has 1 aliphatic rings. The fourth-order valence-corrected chi connectivity index (χ4v) is 2.38. The summed E-state index contributed by atoms with van der Waals surface area (Å²) in [5.41, 5.74) is 0.509. The van der Waals surface area contributed by atoms with Crippen LogP contribution >= 0.6 is 28.3 Å². The molecule has 0 bridgehead atoms. The molecule has 19 heavy (non-hydrogen) atoms. The molecule has 2 rings (SSSR count). The highest BCUT2D eigenvalue weighted by atomic mass is 79.9. The van der Waals surface area contributed by atoms with E-state index < -0.39 is 0 Å². The summed E-state index contributed by atoms with van der Waals surface area (Å²) in [7, 11) is 0. The second-order valence-electron chi connectivity index (χ2n) is 4.57. The number of hydrogen-bond donors (Lipinski definition) is 2. The molecular formula is C13H17BrClFN2O. The van der Waals surface area contributed by atoms with Gasteiger partial charge in [0, 0.05) is 12.1 Å². The molecule has 106 valence electrons. The Morgan fingerprint density at radius 3 is 2.74 bits per heavy atom. The normalized spacial score (nSPS) is 15.7. The SMILES string of the molecule is Cl.O=C(CC1CCNCC1)Nc1ccc(Br)c(F)c1. The summed E-state index contributed by atoms with van der Waals surface area (Å²) >= 11 is 3.08. The minimum atomic E-state index is -0.366. The van der Waals surface area contributed by atoms with Crippen LogP contribution in [0.3, 0.4) is 0 Å². The van der Waals surface area contributed by atoms with Gasteiger partial charge in [0.15, 0.2) is 0 Å². The molecule has 0 unspecified atom stereocenters. The van der Waals surface area contributed by atoms with E-state index in [0.29, 0.717) is 22.5 Å². The average Bonchev–Trinajstić information content (AvgIpc) is 2.35. The van der Waals surface area contributed by atoms with E-state index >= 15 is 0 Å². The molecule has 1 aromatic carbocycles. The molecule has 0 saturated carbocycles. The summed E-state index contributed by atoms with van der Waals surface area (Å²) in [6, 6.07) is 4.60. The van der Waals surface area contributed by atoms with Crippen LogP contribution in [0.15, 0.2) is 22.7 Å². The van der Waals surface area contributed by atoms with Gasteiger partial charge in [0.05, 0.1) is 4.47 Å². The molecule has 1 saturated heterocycles. The second-order valence-corrected chi connectivity index (χ2v) is 5.43. The van der Waals surface area contributed by atoms with Gasteiger partial charge in [-0.05, 0) is 66.0 Å². The van der Waals surface area contributed by atoms with Crippen molar-refractivity contribution >= 4 is 39.9 Å². The van der Waals surface area contributed by atoms with E-state index in [1.807, 2.05) is 0 Å². The van der Waals surface area contributed by atoms with Gasteiger partial charge in [-0.25, -0.2) is 4.39 Å². The number of rotatable bonds is 3. The fraction of sp³-hybridized carbons (Fsp3) is 0.462. The Kier molecular flexibility index (Phi) is 6.75. The van der Waals surface area contributed by atoms with E-state index in [0.717, 1.165) is 25.9 Å². The first kappa shape index (κ1) is 16.4. The Morgan fingerprint density at radius 1 is 1.42 bits per heavy atom. The van der Waals surface area contributed by atoms with Gasteiger partial charge in [-0.3, -0.25) is 4.79 Å². The van der Waals surface area contributed by atoms with Crippen molar-refractivity contribution in [2.45, 2.75) is 19.3 Å². The molecule has 0 spiro atoms. The number of hydrogen-bond acceptors (Lipinski definition) is 2. The summed E-state index contributed by atoms with van der Waals surface area (Å²) in [5, 5.41) is 6.00. The molecule has 0 aliphatic carbocycles. The predicted molar refractivity (Wildman–Crippen MR) is 80.2 cm³/mol. The first-order valence-electron chi connectivity index (χ1n) is 6.11. The molecule has 1 aliphatic heterocycles. The van der Waals surface area contributed by atoms with Crippen molar-refractivity contribution in [2.75, 3.05) is 18.4 Å². The standard InChI is InChI=1S/C13H16BrFN2O.ClH/c14-11-2-1-10(8-12(11)15)17-13(18)7-9-3-5-16-6-4-9;/h1-2,8-9,16H,3-7H2,(H,17,18);1H. The highest BCUT2D eigenvalue weighted by Gasteiger charge is 2.16. The van der Waals surface area contributed by atoms with Crippen molar-refractivity contribution in [1.29, 1.82) is 0 Å².